The Kier molecular flexibility index (Phi) is 5.21. The van der Waals surface area contributed by atoms with Crippen molar-refractivity contribution in [3.63, 3.8) is 0 Å². The summed E-state index contributed by atoms with van der Waals surface area (Å²) in [5, 5.41) is 13.4. The summed E-state index contributed by atoms with van der Waals surface area (Å²) in [6.45, 7) is 6.40. The first kappa shape index (κ1) is 16.1. The van der Waals surface area contributed by atoms with Gasteiger partial charge in [-0.05, 0) is 11.0 Å². The quantitative estimate of drug-likeness (QED) is 0.632. The van der Waals surface area contributed by atoms with Crippen molar-refractivity contribution in [1.29, 1.82) is 0 Å². The summed E-state index contributed by atoms with van der Waals surface area (Å²) < 4.78 is 0. The van der Waals surface area contributed by atoms with Crippen LogP contribution in [0.25, 0.3) is 0 Å². The van der Waals surface area contributed by atoms with Crippen LogP contribution in [0.1, 0.15) is 26.3 Å². The Morgan fingerprint density at radius 1 is 1.35 bits per heavy atom. The SMILES string of the molecule is CC(C)(C)C(CN)NC(=O)Cc1ccc([N+](=O)[O-])cc1. The molecule has 1 aromatic rings. The summed E-state index contributed by atoms with van der Waals surface area (Å²) in [6, 6.07) is 5.87. The van der Waals surface area contributed by atoms with E-state index in [1.807, 2.05) is 20.8 Å². The number of hydrogen-bond donors (Lipinski definition) is 2. The second kappa shape index (κ2) is 6.47. The molecule has 1 rings (SSSR count). The molecule has 0 aliphatic heterocycles. The third kappa shape index (κ3) is 4.62. The molecule has 0 fully saturated rings. The van der Waals surface area contributed by atoms with Crippen LogP contribution in [0.4, 0.5) is 5.69 Å². The number of non-ortho nitro benzene ring substituents is 1. The summed E-state index contributed by atoms with van der Waals surface area (Å²) in [6.07, 6.45) is 0.185. The van der Waals surface area contributed by atoms with Crippen LogP contribution in [-0.4, -0.2) is 23.4 Å². The molecule has 1 amide bonds. The third-order valence-electron chi connectivity index (χ3n) is 3.13. The Bertz CT molecular complexity index is 477. The van der Waals surface area contributed by atoms with Gasteiger partial charge in [-0.15, -0.1) is 0 Å². The second-order valence-corrected chi connectivity index (χ2v) is 5.82. The van der Waals surface area contributed by atoms with Crippen molar-refractivity contribution in [2.45, 2.75) is 33.2 Å². The zero-order chi connectivity index (χ0) is 15.3. The Morgan fingerprint density at radius 3 is 2.30 bits per heavy atom. The van der Waals surface area contributed by atoms with Gasteiger partial charge < -0.3 is 11.1 Å². The van der Waals surface area contributed by atoms with Gasteiger partial charge in [-0.1, -0.05) is 32.9 Å². The molecule has 6 nitrogen and oxygen atoms in total. The lowest BCUT2D eigenvalue weighted by Gasteiger charge is -2.30. The van der Waals surface area contributed by atoms with Crippen LogP contribution in [-0.2, 0) is 11.2 Å². The summed E-state index contributed by atoms with van der Waals surface area (Å²) in [7, 11) is 0. The van der Waals surface area contributed by atoms with E-state index in [0.717, 1.165) is 5.56 Å². The lowest BCUT2D eigenvalue weighted by atomic mass is 9.86. The monoisotopic (exact) mass is 279 g/mol. The summed E-state index contributed by atoms with van der Waals surface area (Å²) in [5.74, 6) is -0.135. The molecule has 6 heteroatoms. The van der Waals surface area contributed by atoms with E-state index in [2.05, 4.69) is 5.32 Å². The fourth-order valence-corrected chi connectivity index (χ4v) is 1.80. The van der Waals surface area contributed by atoms with Crippen molar-refractivity contribution in [2.75, 3.05) is 6.54 Å². The zero-order valence-electron chi connectivity index (χ0n) is 12.1. The Hall–Kier alpha value is -1.95. The predicted octanol–water partition coefficient (Wildman–Crippen LogP) is 1.63. The Labute approximate surface area is 118 Å². The summed E-state index contributed by atoms with van der Waals surface area (Å²) >= 11 is 0. The van der Waals surface area contributed by atoms with Crippen LogP contribution in [0, 0.1) is 15.5 Å². The lowest BCUT2D eigenvalue weighted by molar-refractivity contribution is -0.384. The number of benzene rings is 1. The Balaban J connectivity index is 2.64. The second-order valence-electron chi connectivity index (χ2n) is 5.82. The number of nitrogens with zero attached hydrogens (tertiary/aromatic N) is 1. The number of carbonyl (C=O) groups is 1. The van der Waals surface area contributed by atoms with E-state index in [0.29, 0.717) is 6.54 Å². The smallest absolute Gasteiger partial charge is 0.269 e. The van der Waals surface area contributed by atoms with Crippen LogP contribution in [0.5, 0.6) is 0 Å². The number of carbonyl (C=O) groups excluding carboxylic acids is 1. The van der Waals surface area contributed by atoms with E-state index in [9.17, 15) is 14.9 Å². The molecule has 0 aromatic heterocycles. The molecule has 1 atom stereocenters. The number of rotatable bonds is 5. The first-order valence-electron chi connectivity index (χ1n) is 6.47. The van der Waals surface area contributed by atoms with Gasteiger partial charge in [0, 0.05) is 24.7 Å². The fourth-order valence-electron chi connectivity index (χ4n) is 1.80. The van der Waals surface area contributed by atoms with E-state index in [-0.39, 0.29) is 29.5 Å². The maximum Gasteiger partial charge on any atom is 0.269 e. The van der Waals surface area contributed by atoms with E-state index in [4.69, 9.17) is 5.73 Å². The average molecular weight is 279 g/mol. The summed E-state index contributed by atoms with van der Waals surface area (Å²) in [4.78, 5) is 22.0. The van der Waals surface area contributed by atoms with Crippen LogP contribution < -0.4 is 11.1 Å². The van der Waals surface area contributed by atoms with Crippen molar-refractivity contribution in [1.82, 2.24) is 5.32 Å². The van der Waals surface area contributed by atoms with Crippen molar-refractivity contribution in [3.8, 4) is 0 Å². The molecule has 20 heavy (non-hydrogen) atoms. The highest BCUT2D eigenvalue weighted by molar-refractivity contribution is 5.79. The lowest BCUT2D eigenvalue weighted by Crippen LogP contribution is -2.48. The highest BCUT2D eigenvalue weighted by atomic mass is 16.6. The van der Waals surface area contributed by atoms with Gasteiger partial charge in [0.1, 0.15) is 0 Å². The molecule has 1 unspecified atom stereocenters. The minimum atomic E-state index is -0.464. The minimum Gasteiger partial charge on any atom is -0.351 e. The van der Waals surface area contributed by atoms with E-state index in [1.165, 1.54) is 12.1 Å². The third-order valence-corrected chi connectivity index (χ3v) is 3.13. The molecule has 0 aliphatic carbocycles. The maximum absolute atomic E-state index is 11.9. The molecule has 1 aromatic carbocycles. The topological polar surface area (TPSA) is 98.3 Å². The molecule has 0 bridgehead atoms. The van der Waals surface area contributed by atoms with Crippen molar-refractivity contribution >= 4 is 11.6 Å². The van der Waals surface area contributed by atoms with Gasteiger partial charge >= 0.3 is 0 Å². The number of nitro groups is 1. The molecule has 0 heterocycles. The van der Waals surface area contributed by atoms with Crippen molar-refractivity contribution in [3.05, 3.63) is 39.9 Å². The van der Waals surface area contributed by atoms with Crippen molar-refractivity contribution in [2.24, 2.45) is 11.1 Å². The van der Waals surface area contributed by atoms with Gasteiger partial charge in [0.05, 0.1) is 11.3 Å². The molecule has 3 N–H and O–H groups in total. The number of nitrogens with one attached hydrogen (secondary N) is 1. The fraction of sp³-hybridized carbons (Fsp3) is 0.500. The van der Waals surface area contributed by atoms with E-state index in [1.54, 1.807) is 12.1 Å². The first-order valence-corrected chi connectivity index (χ1v) is 6.47. The standard InChI is InChI=1S/C14H21N3O3/c1-14(2,3)12(9-15)16-13(18)8-10-4-6-11(7-5-10)17(19)20/h4-7,12H,8-9,15H2,1-3H3,(H,16,18). The van der Waals surface area contributed by atoms with E-state index < -0.39 is 4.92 Å². The van der Waals surface area contributed by atoms with Crippen LogP contribution in [0.2, 0.25) is 0 Å². The average Bonchev–Trinajstić information content (AvgIpc) is 2.35. The normalized spacial score (nSPS) is 12.8. The van der Waals surface area contributed by atoms with Gasteiger partial charge in [-0.25, -0.2) is 0 Å². The zero-order valence-corrected chi connectivity index (χ0v) is 12.1. The van der Waals surface area contributed by atoms with Crippen molar-refractivity contribution < 1.29 is 9.72 Å². The molecule has 0 saturated heterocycles. The van der Waals surface area contributed by atoms with Crippen LogP contribution >= 0.6 is 0 Å². The number of amides is 1. The highest BCUT2D eigenvalue weighted by Crippen LogP contribution is 2.18. The first-order chi connectivity index (χ1) is 9.24. The van der Waals surface area contributed by atoms with E-state index >= 15 is 0 Å². The largest absolute Gasteiger partial charge is 0.351 e. The predicted molar refractivity (Wildman–Crippen MR) is 77.2 cm³/mol. The highest BCUT2D eigenvalue weighted by Gasteiger charge is 2.24. The summed E-state index contributed by atoms with van der Waals surface area (Å²) in [5.41, 5.74) is 6.30. The number of nitro benzene ring substituents is 1. The van der Waals surface area contributed by atoms with Crippen LogP contribution in [0.3, 0.4) is 0 Å². The number of hydrogen-bond acceptors (Lipinski definition) is 4. The molecule has 110 valence electrons. The molecule has 0 aliphatic rings. The van der Waals surface area contributed by atoms with Gasteiger partial charge in [-0.2, -0.15) is 0 Å². The number of nitrogens with two attached hydrogens (primary N) is 1. The maximum atomic E-state index is 11.9. The Morgan fingerprint density at radius 2 is 1.90 bits per heavy atom. The molecule has 0 saturated carbocycles. The van der Waals surface area contributed by atoms with Gasteiger partial charge in [0.25, 0.3) is 5.69 Å². The molecule has 0 spiro atoms. The minimum absolute atomic E-state index is 0.0173. The molecular weight excluding hydrogens is 258 g/mol. The van der Waals surface area contributed by atoms with Gasteiger partial charge in [0.2, 0.25) is 5.91 Å². The molecule has 0 radical (unpaired) electrons. The van der Waals surface area contributed by atoms with Crippen LogP contribution in [0.15, 0.2) is 24.3 Å². The van der Waals surface area contributed by atoms with Gasteiger partial charge in [-0.3, -0.25) is 14.9 Å². The van der Waals surface area contributed by atoms with Gasteiger partial charge in [0.15, 0.2) is 0 Å². The molecular formula is C14H21N3O3.